The number of hydrogen-bond acceptors (Lipinski definition) is 3. The first-order valence-corrected chi connectivity index (χ1v) is 6.70. The third-order valence-corrected chi connectivity index (χ3v) is 3.68. The number of nitrogens with zero attached hydrogens (tertiary/aromatic N) is 2. The lowest BCUT2D eigenvalue weighted by Crippen LogP contribution is -2.16. The Hall–Kier alpha value is -1.81. The Balaban J connectivity index is 2.07. The van der Waals surface area contributed by atoms with Crippen molar-refractivity contribution in [3.8, 4) is 11.4 Å². The fourth-order valence-corrected chi connectivity index (χ4v) is 2.69. The van der Waals surface area contributed by atoms with Crippen molar-refractivity contribution in [2.24, 2.45) is 0 Å². The molecule has 0 bridgehead atoms. The van der Waals surface area contributed by atoms with Crippen LogP contribution >= 0.6 is 0 Å². The summed E-state index contributed by atoms with van der Waals surface area (Å²) in [6, 6.07) is 6.61. The lowest BCUT2D eigenvalue weighted by atomic mass is 10.1. The van der Waals surface area contributed by atoms with Gasteiger partial charge in [-0.25, -0.2) is 4.98 Å². The predicted octanol–water partition coefficient (Wildman–Crippen LogP) is 2.61. The van der Waals surface area contributed by atoms with Crippen LogP contribution in [0.4, 0.5) is 0 Å². The molecule has 1 N–H and O–H groups in total. The Morgan fingerprint density at radius 1 is 1.42 bits per heavy atom. The smallest absolute Gasteiger partial charge is 0.142 e. The summed E-state index contributed by atoms with van der Waals surface area (Å²) in [5, 5.41) is 3.52. The van der Waals surface area contributed by atoms with Crippen molar-refractivity contribution in [2.75, 3.05) is 13.7 Å². The summed E-state index contributed by atoms with van der Waals surface area (Å²) in [6.45, 7) is 3.17. The van der Waals surface area contributed by atoms with E-state index in [-0.39, 0.29) is 0 Å². The van der Waals surface area contributed by atoms with Crippen molar-refractivity contribution in [1.82, 2.24) is 14.9 Å². The summed E-state index contributed by atoms with van der Waals surface area (Å²) in [5.74, 6) is 0.878. The second-order valence-electron chi connectivity index (χ2n) is 5.01. The summed E-state index contributed by atoms with van der Waals surface area (Å²) in [6.07, 6.45) is 6.21. The van der Waals surface area contributed by atoms with Crippen LogP contribution < -0.4 is 10.1 Å². The number of aromatic nitrogens is 2. The van der Waals surface area contributed by atoms with Crippen LogP contribution in [-0.4, -0.2) is 23.2 Å². The van der Waals surface area contributed by atoms with Gasteiger partial charge in [0, 0.05) is 6.04 Å². The van der Waals surface area contributed by atoms with E-state index in [1.54, 1.807) is 7.11 Å². The molecule has 2 heterocycles. The highest BCUT2D eigenvalue weighted by molar-refractivity contribution is 5.50. The maximum absolute atomic E-state index is 5.47. The van der Waals surface area contributed by atoms with Gasteiger partial charge in [0.1, 0.15) is 5.75 Å². The zero-order valence-electron chi connectivity index (χ0n) is 11.4. The van der Waals surface area contributed by atoms with Gasteiger partial charge in [-0.3, -0.25) is 4.57 Å². The standard InChI is InChI=1S/C15H19N3O/c1-11-5-6-15(19-2)13(8-11)18-10-16-9-14(18)12-4-3-7-17-12/h5-6,8-10,12,17H,3-4,7H2,1-2H3/t12-/m0/s1. The van der Waals surface area contributed by atoms with Crippen LogP contribution in [0.25, 0.3) is 5.69 Å². The lowest BCUT2D eigenvalue weighted by molar-refractivity contribution is 0.412. The number of methoxy groups -OCH3 is 1. The maximum Gasteiger partial charge on any atom is 0.142 e. The zero-order valence-corrected chi connectivity index (χ0v) is 11.4. The number of rotatable bonds is 3. The first-order valence-electron chi connectivity index (χ1n) is 6.70. The summed E-state index contributed by atoms with van der Waals surface area (Å²) < 4.78 is 7.61. The van der Waals surface area contributed by atoms with E-state index >= 15 is 0 Å². The summed E-state index contributed by atoms with van der Waals surface area (Å²) in [7, 11) is 1.71. The molecule has 0 unspecified atom stereocenters. The molecule has 0 spiro atoms. The number of nitrogens with one attached hydrogen (secondary N) is 1. The highest BCUT2D eigenvalue weighted by Gasteiger charge is 2.21. The summed E-state index contributed by atoms with van der Waals surface area (Å²) in [4.78, 5) is 4.32. The molecule has 2 aromatic rings. The Morgan fingerprint density at radius 3 is 3.05 bits per heavy atom. The van der Waals surface area contributed by atoms with E-state index in [0.29, 0.717) is 6.04 Å². The normalized spacial score (nSPS) is 18.7. The molecular formula is C15H19N3O. The number of ether oxygens (including phenoxy) is 1. The Morgan fingerprint density at radius 2 is 2.32 bits per heavy atom. The highest BCUT2D eigenvalue weighted by Crippen LogP contribution is 2.29. The largest absolute Gasteiger partial charge is 0.495 e. The van der Waals surface area contributed by atoms with E-state index in [1.807, 2.05) is 18.6 Å². The van der Waals surface area contributed by atoms with Crippen molar-refractivity contribution in [2.45, 2.75) is 25.8 Å². The van der Waals surface area contributed by atoms with Crippen molar-refractivity contribution >= 4 is 0 Å². The molecule has 19 heavy (non-hydrogen) atoms. The monoisotopic (exact) mass is 257 g/mol. The molecule has 1 fully saturated rings. The topological polar surface area (TPSA) is 39.1 Å². The van der Waals surface area contributed by atoms with Crippen LogP contribution in [0.3, 0.4) is 0 Å². The van der Waals surface area contributed by atoms with E-state index in [1.165, 1.54) is 24.1 Å². The van der Waals surface area contributed by atoms with Gasteiger partial charge in [0.05, 0.1) is 31.0 Å². The fourth-order valence-electron chi connectivity index (χ4n) is 2.69. The van der Waals surface area contributed by atoms with E-state index < -0.39 is 0 Å². The molecule has 1 saturated heterocycles. The van der Waals surface area contributed by atoms with Crippen LogP contribution in [0, 0.1) is 6.92 Å². The molecule has 0 radical (unpaired) electrons. The third-order valence-electron chi connectivity index (χ3n) is 3.68. The number of aryl methyl sites for hydroxylation is 1. The molecule has 4 heteroatoms. The van der Waals surface area contributed by atoms with Gasteiger partial charge in [0.2, 0.25) is 0 Å². The molecule has 4 nitrogen and oxygen atoms in total. The van der Waals surface area contributed by atoms with Crippen LogP contribution in [0.2, 0.25) is 0 Å². The van der Waals surface area contributed by atoms with Gasteiger partial charge >= 0.3 is 0 Å². The second kappa shape index (κ2) is 5.05. The molecule has 0 saturated carbocycles. The Labute approximate surface area is 113 Å². The SMILES string of the molecule is COc1ccc(C)cc1-n1cncc1[C@@H]1CCCN1. The molecular weight excluding hydrogens is 238 g/mol. The summed E-state index contributed by atoms with van der Waals surface area (Å²) in [5.41, 5.74) is 3.49. The van der Waals surface area contributed by atoms with Gasteiger partial charge in [0.15, 0.2) is 0 Å². The maximum atomic E-state index is 5.47. The van der Waals surface area contributed by atoms with Crippen LogP contribution in [0.1, 0.15) is 30.1 Å². The first kappa shape index (κ1) is 12.2. The number of benzene rings is 1. The second-order valence-corrected chi connectivity index (χ2v) is 5.01. The van der Waals surface area contributed by atoms with E-state index in [4.69, 9.17) is 4.74 Å². The zero-order chi connectivity index (χ0) is 13.2. The van der Waals surface area contributed by atoms with Gasteiger partial charge < -0.3 is 10.1 Å². The van der Waals surface area contributed by atoms with E-state index in [9.17, 15) is 0 Å². The number of hydrogen-bond donors (Lipinski definition) is 1. The molecule has 1 atom stereocenters. The molecule has 0 aliphatic carbocycles. The molecule has 1 aromatic carbocycles. The third kappa shape index (κ3) is 2.24. The van der Waals surface area contributed by atoms with Gasteiger partial charge in [0.25, 0.3) is 0 Å². The van der Waals surface area contributed by atoms with E-state index in [0.717, 1.165) is 18.0 Å². The molecule has 1 aliphatic rings. The van der Waals surface area contributed by atoms with Crippen LogP contribution in [0.15, 0.2) is 30.7 Å². The highest BCUT2D eigenvalue weighted by atomic mass is 16.5. The van der Waals surface area contributed by atoms with Crippen molar-refractivity contribution in [3.05, 3.63) is 42.0 Å². The van der Waals surface area contributed by atoms with Crippen molar-refractivity contribution < 1.29 is 4.74 Å². The quantitative estimate of drug-likeness (QED) is 0.918. The van der Waals surface area contributed by atoms with Crippen LogP contribution in [0.5, 0.6) is 5.75 Å². The predicted molar refractivity (Wildman–Crippen MR) is 74.8 cm³/mol. The van der Waals surface area contributed by atoms with Gasteiger partial charge in [-0.1, -0.05) is 6.07 Å². The molecule has 1 aliphatic heterocycles. The minimum absolute atomic E-state index is 0.396. The summed E-state index contributed by atoms with van der Waals surface area (Å²) >= 11 is 0. The minimum Gasteiger partial charge on any atom is -0.495 e. The Kier molecular flexibility index (Phi) is 3.25. The van der Waals surface area contributed by atoms with Gasteiger partial charge in [-0.2, -0.15) is 0 Å². The van der Waals surface area contributed by atoms with Crippen molar-refractivity contribution in [3.63, 3.8) is 0 Å². The first-order chi connectivity index (χ1) is 9.29. The average Bonchev–Trinajstić information content (AvgIpc) is 3.09. The molecule has 0 amide bonds. The van der Waals surface area contributed by atoms with Crippen molar-refractivity contribution in [1.29, 1.82) is 0 Å². The van der Waals surface area contributed by atoms with Gasteiger partial charge in [-0.05, 0) is 44.0 Å². The lowest BCUT2D eigenvalue weighted by Gasteiger charge is -2.16. The molecule has 1 aromatic heterocycles. The fraction of sp³-hybridized carbons (Fsp3) is 0.400. The molecule has 3 rings (SSSR count). The molecule has 100 valence electrons. The van der Waals surface area contributed by atoms with E-state index in [2.05, 4.69) is 33.9 Å². The number of imidazole rings is 1. The van der Waals surface area contributed by atoms with Gasteiger partial charge in [-0.15, -0.1) is 0 Å². The average molecular weight is 257 g/mol. The minimum atomic E-state index is 0.396. The Bertz CT molecular complexity index is 571. The van der Waals surface area contributed by atoms with Crippen LogP contribution in [-0.2, 0) is 0 Å².